The van der Waals surface area contributed by atoms with Crippen LogP contribution in [-0.2, 0) is 11.3 Å². The van der Waals surface area contributed by atoms with Gasteiger partial charge in [-0.15, -0.1) is 0 Å². The fourth-order valence-corrected chi connectivity index (χ4v) is 3.24. The Kier molecular flexibility index (Phi) is 2.84. The third-order valence-electron chi connectivity index (χ3n) is 4.31. The summed E-state index contributed by atoms with van der Waals surface area (Å²) in [4.78, 5) is 18.6. The van der Waals surface area contributed by atoms with E-state index in [1.807, 2.05) is 37.1 Å². The first-order chi connectivity index (χ1) is 8.63. The van der Waals surface area contributed by atoms with Gasteiger partial charge in [0.2, 0.25) is 5.91 Å². The molecular weight excluding hydrogens is 224 g/mol. The number of hydrogen-bond donors (Lipinski definition) is 0. The second kappa shape index (κ2) is 4.38. The minimum Gasteiger partial charge on any atom is -0.340 e. The van der Waals surface area contributed by atoms with Crippen LogP contribution in [0.5, 0.6) is 0 Å². The highest BCUT2D eigenvalue weighted by atomic mass is 16.2. The van der Waals surface area contributed by atoms with Crippen LogP contribution < -0.4 is 0 Å². The Balaban J connectivity index is 1.60. The highest BCUT2D eigenvalue weighted by Crippen LogP contribution is 2.54. The van der Waals surface area contributed by atoms with Crippen LogP contribution in [0.3, 0.4) is 0 Å². The van der Waals surface area contributed by atoms with Crippen molar-refractivity contribution in [2.24, 2.45) is 17.8 Å². The molecule has 2 fully saturated rings. The number of aryl methyl sites for hydroxylation is 1. The SMILES string of the molecule is Cc1cccc(CN(C)C(=O)C2CC3CC3C2)n1. The van der Waals surface area contributed by atoms with E-state index in [0.29, 0.717) is 12.5 Å². The zero-order valence-corrected chi connectivity index (χ0v) is 11.1. The molecule has 18 heavy (non-hydrogen) atoms. The van der Waals surface area contributed by atoms with E-state index in [1.54, 1.807) is 0 Å². The monoisotopic (exact) mass is 244 g/mol. The van der Waals surface area contributed by atoms with Crippen molar-refractivity contribution in [3.63, 3.8) is 0 Å². The molecule has 0 spiro atoms. The summed E-state index contributed by atoms with van der Waals surface area (Å²) >= 11 is 0. The molecule has 1 amide bonds. The fraction of sp³-hybridized carbons (Fsp3) is 0.600. The summed E-state index contributed by atoms with van der Waals surface area (Å²) in [5.41, 5.74) is 1.99. The molecule has 0 N–H and O–H groups in total. The van der Waals surface area contributed by atoms with E-state index in [1.165, 1.54) is 6.42 Å². The molecule has 2 atom stereocenters. The molecule has 2 aliphatic carbocycles. The number of nitrogens with zero attached hydrogens (tertiary/aromatic N) is 2. The van der Waals surface area contributed by atoms with E-state index in [4.69, 9.17) is 0 Å². The van der Waals surface area contributed by atoms with Crippen molar-refractivity contribution >= 4 is 5.91 Å². The molecule has 0 aromatic carbocycles. The molecule has 1 aromatic rings. The van der Waals surface area contributed by atoms with E-state index in [9.17, 15) is 4.79 Å². The van der Waals surface area contributed by atoms with E-state index in [2.05, 4.69) is 4.98 Å². The van der Waals surface area contributed by atoms with Gasteiger partial charge in [-0.25, -0.2) is 0 Å². The van der Waals surface area contributed by atoms with Crippen LogP contribution in [0, 0.1) is 24.7 Å². The van der Waals surface area contributed by atoms with Gasteiger partial charge in [-0.1, -0.05) is 6.07 Å². The number of rotatable bonds is 3. The van der Waals surface area contributed by atoms with Gasteiger partial charge in [0.05, 0.1) is 12.2 Å². The first-order valence-corrected chi connectivity index (χ1v) is 6.81. The summed E-state index contributed by atoms with van der Waals surface area (Å²) in [5.74, 6) is 2.32. The lowest BCUT2D eigenvalue weighted by Gasteiger charge is -2.21. The molecule has 3 rings (SSSR count). The third kappa shape index (κ3) is 2.26. The molecule has 1 heterocycles. The Morgan fingerprint density at radius 2 is 2.06 bits per heavy atom. The zero-order chi connectivity index (χ0) is 12.7. The Hall–Kier alpha value is -1.38. The largest absolute Gasteiger partial charge is 0.340 e. The Morgan fingerprint density at radius 3 is 2.72 bits per heavy atom. The maximum absolute atomic E-state index is 12.3. The zero-order valence-electron chi connectivity index (χ0n) is 11.1. The number of fused-ring (bicyclic) bond motifs is 1. The summed E-state index contributed by atoms with van der Waals surface area (Å²) in [6.45, 7) is 2.61. The second-order valence-corrected chi connectivity index (χ2v) is 5.89. The van der Waals surface area contributed by atoms with Crippen molar-refractivity contribution in [3.05, 3.63) is 29.6 Å². The van der Waals surface area contributed by atoms with Crippen LogP contribution in [0.4, 0.5) is 0 Å². The van der Waals surface area contributed by atoms with Crippen LogP contribution in [0.25, 0.3) is 0 Å². The molecule has 1 aromatic heterocycles. The molecule has 0 radical (unpaired) electrons. The summed E-state index contributed by atoms with van der Waals surface area (Å²) < 4.78 is 0. The van der Waals surface area contributed by atoms with Crippen LogP contribution >= 0.6 is 0 Å². The molecule has 0 bridgehead atoms. The number of carbonyl (C=O) groups excluding carboxylic acids is 1. The lowest BCUT2D eigenvalue weighted by Crippen LogP contribution is -2.32. The van der Waals surface area contributed by atoms with Gasteiger partial charge in [0.25, 0.3) is 0 Å². The smallest absolute Gasteiger partial charge is 0.225 e. The first kappa shape index (κ1) is 11.7. The van der Waals surface area contributed by atoms with Gasteiger partial charge in [-0.3, -0.25) is 9.78 Å². The molecule has 2 unspecified atom stereocenters. The predicted octanol–water partition coefficient (Wildman–Crippen LogP) is 2.39. The Bertz CT molecular complexity index is 461. The van der Waals surface area contributed by atoms with Crippen LogP contribution in [-0.4, -0.2) is 22.8 Å². The fourth-order valence-electron chi connectivity index (χ4n) is 3.24. The quantitative estimate of drug-likeness (QED) is 0.818. The summed E-state index contributed by atoms with van der Waals surface area (Å²) in [5, 5.41) is 0. The minimum absolute atomic E-state index is 0.281. The number of amides is 1. The van der Waals surface area contributed by atoms with Gasteiger partial charge in [-0.05, 0) is 50.2 Å². The Morgan fingerprint density at radius 1 is 1.33 bits per heavy atom. The summed E-state index contributed by atoms with van der Waals surface area (Å²) in [6.07, 6.45) is 3.61. The van der Waals surface area contributed by atoms with Crippen LogP contribution in [0.1, 0.15) is 30.7 Å². The molecule has 96 valence electrons. The van der Waals surface area contributed by atoms with E-state index in [-0.39, 0.29) is 5.92 Å². The molecule has 0 aliphatic heterocycles. The normalized spacial score (nSPS) is 28.9. The van der Waals surface area contributed by atoms with Gasteiger partial charge in [0.15, 0.2) is 0 Å². The topological polar surface area (TPSA) is 33.2 Å². The van der Waals surface area contributed by atoms with Crippen molar-refractivity contribution in [3.8, 4) is 0 Å². The van der Waals surface area contributed by atoms with E-state index in [0.717, 1.165) is 36.1 Å². The maximum atomic E-state index is 12.3. The van der Waals surface area contributed by atoms with Crippen molar-refractivity contribution in [1.29, 1.82) is 0 Å². The Labute approximate surface area is 108 Å². The van der Waals surface area contributed by atoms with Gasteiger partial charge in [0, 0.05) is 18.7 Å². The van der Waals surface area contributed by atoms with E-state index < -0.39 is 0 Å². The average Bonchev–Trinajstić information content (AvgIpc) is 2.95. The van der Waals surface area contributed by atoms with Crippen molar-refractivity contribution in [1.82, 2.24) is 9.88 Å². The lowest BCUT2D eigenvalue weighted by atomic mass is 10.0. The average molecular weight is 244 g/mol. The van der Waals surface area contributed by atoms with Gasteiger partial charge in [0.1, 0.15) is 0 Å². The summed E-state index contributed by atoms with van der Waals surface area (Å²) in [6, 6.07) is 5.97. The number of aromatic nitrogens is 1. The first-order valence-electron chi connectivity index (χ1n) is 6.81. The number of hydrogen-bond acceptors (Lipinski definition) is 2. The molecule has 3 heteroatoms. The second-order valence-electron chi connectivity index (χ2n) is 5.89. The van der Waals surface area contributed by atoms with Crippen molar-refractivity contribution < 1.29 is 4.79 Å². The highest BCUT2D eigenvalue weighted by Gasteiger charge is 2.48. The molecule has 3 nitrogen and oxygen atoms in total. The molecular formula is C15H20N2O. The van der Waals surface area contributed by atoms with E-state index >= 15 is 0 Å². The minimum atomic E-state index is 0.281. The summed E-state index contributed by atoms with van der Waals surface area (Å²) in [7, 11) is 1.90. The lowest BCUT2D eigenvalue weighted by molar-refractivity contribution is -0.134. The highest BCUT2D eigenvalue weighted by molar-refractivity contribution is 5.79. The van der Waals surface area contributed by atoms with Gasteiger partial charge >= 0.3 is 0 Å². The molecule has 2 aliphatic rings. The molecule has 2 saturated carbocycles. The predicted molar refractivity (Wildman–Crippen MR) is 69.8 cm³/mol. The maximum Gasteiger partial charge on any atom is 0.225 e. The van der Waals surface area contributed by atoms with Gasteiger partial charge in [-0.2, -0.15) is 0 Å². The number of pyridine rings is 1. The standard InChI is InChI=1S/C15H20N2O/c1-10-4-3-5-14(16-10)9-17(2)15(18)13-7-11-6-12(11)8-13/h3-5,11-13H,6-9H2,1-2H3. The van der Waals surface area contributed by atoms with Crippen LogP contribution in [0.15, 0.2) is 18.2 Å². The van der Waals surface area contributed by atoms with Crippen molar-refractivity contribution in [2.45, 2.75) is 32.7 Å². The molecule has 0 saturated heterocycles. The third-order valence-corrected chi connectivity index (χ3v) is 4.31. The van der Waals surface area contributed by atoms with Gasteiger partial charge < -0.3 is 4.90 Å². The van der Waals surface area contributed by atoms with Crippen LogP contribution in [0.2, 0.25) is 0 Å². The number of carbonyl (C=O) groups is 1. The van der Waals surface area contributed by atoms with Crippen molar-refractivity contribution in [2.75, 3.05) is 7.05 Å².